The fourth-order valence-electron chi connectivity index (χ4n) is 0.654. The van der Waals surface area contributed by atoms with E-state index in [1.54, 1.807) is 11.8 Å². The molecular formula is C5H7N3O2S. The summed E-state index contributed by atoms with van der Waals surface area (Å²) in [6.45, 7) is 0. The van der Waals surface area contributed by atoms with Crippen molar-refractivity contribution in [3.8, 4) is 0 Å². The molecule has 0 fully saturated rings. The lowest BCUT2D eigenvalue weighted by molar-refractivity contribution is -0.389. The van der Waals surface area contributed by atoms with E-state index in [2.05, 4.69) is 9.97 Å². The van der Waals surface area contributed by atoms with Gasteiger partial charge >= 0.3 is 5.82 Å². The minimum absolute atomic E-state index is 0.0472. The SMILES string of the molecule is CSCc1ncc([N+](=O)[O-])[nH]1. The van der Waals surface area contributed by atoms with Crippen LogP contribution in [0.5, 0.6) is 0 Å². The topological polar surface area (TPSA) is 71.8 Å². The number of nitro groups is 1. The molecule has 1 N–H and O–H groups in total. The first-order valence-electron chi connectivity index (χ1n) is 2.91. The number of hydrogen-bond donors (Lipinski definition) is 1. The summed E-state index contributed by atoms with van der Waals surface area (Å²) in [5, 5.41) is 10.1. The van der Waals surface area contributed by atoms with E-state index in [0.717, 1.165) is 0 Å². The maximum atomic E-state index is 10.1. The van der Waals surface area contributed by atoms with Crippen LogP contribution in [0.3, 0.4) is 0 Å². The molecule has 0 amide bonds. The lowest BCUT2D eigenvalue weighted by atomic mass is 10.7. The van der Waals surface area contributed by atoms with Gasteiger partial charge < -0.3 is 10.1 Å². The lowest BCUT2D eigenvalue weighted by Gasteiger charge is -1.86. The van der Waals surface area contributed by atoms with Crippen molar-refractivity contribution in [2.45, 2.75) is 5.75 Å². The van der Waals surface area contributed by atoms with Crippen LogP contribution in [-0.4, -0.2) is 21.1 Å². The molecule has 1 rings (SSSR count). The fraction of sp³-hybridized carbons (Fsp3) is 0.400. The van der Waals surface area contributed by atoms with E-state index in [1.807, 2.05) is 6.26 Å². The molecule has 5 nitrogen and oxygen atoms in total. The molecule has 0 aliphatic heterocycles. The summed E-state index contributed by atoms with van der Waals surface area (Å²) in [7, 11) is 0. The minimum atomic E-state index is -0.489. The fourth-order valence-corrected chi connectivity index (χ4v) is 1.07. The van der Waals surface area contributed by atoms with Crippen LogP contribution in [0, 0.1) is 10.1 Å². The van der Waals surface area contributed by atoms with Crippen LogP contribution in [0.1, 0.15) is 5.82 Å². The number of aromatic nitrogens is 2. The number of nitrogens with one attached hydrogen (secondary N) is 1. The van der Waals surface area contributed by atoms with Gasteiger partial charge in [-0.25, -0.2) is 9.97 Å². The van der Waals surface area contributed by atoms with Gasteiger partial charge in [-0.1, -0.05) is 0 Å². The van der Waals surface area contributed by atoms with Gasteiger partial charge in [0.2, 0.25) is 5.82 Å². The van der Waals surface area contributed by atoms with E-state index >= 15 is 0 Å². The Labute approximate surface area is 67.4 Å². The summed E-state index contributed by atoms with van der Waals surface area (Å²) < 4.78 is 0. The third kappa shape index (κ3) is 1.94. The predicted molar refractivity (Wildman–Crippen MR) is 42.5 cm³/mol. The number of hydrogen-bond acceptors (Lipinski definition) is 4. The molecule has 0 atom stereocenters. The lowest BCUT2D eigenvalue weighted by Crippen LogP contribution is -1.88. The standard InChI is InChI=1S/C5H7N3O2S/c1-11-3-4-6-2-5(7-4)8(9)10/h2H,3H2,1H3,(H,6,7). The molecule has 0 bridgehead atoms. The highest BCUT2D eigenvalue weighted by Crippen LogP contribution is 2.09. The molecule has 6 heteroatoms. The van der Waals surface area contributed by atoms with Crippen molar-refractivity contribution < 1.29 is 4.92 Å². The number of imidazole rings is 1. The van der Waals surface area contributed by atoms with Crippen molar-refractivity contribution in [2.75, 3.05) is 6.26 Å². The Hall–Kier alpha value is -1.04. The van der Waals surface area contributed by atoms with Crippen LogP contribution in [0.25, 0.3) is 0 Å². The molecule has 0 aromatic carbocycles. The molecule has 0 unspecified atom stereocenters. The van der Waals surface area contributed by atoms with Crippen molar-refractivity contribution in [3.63, 3.8) is 0 Å². The van der Waals surface area contributed by atoms with E-state index in [-0.39, 0.29) is 5.82 Å². The van der Waals surface area contributed by atoms with E-state index in [0.29, 0.717) is 11.6 Å². The first kappa shape index (κ1) is 8.06. The highest BCUT2D eigenvalue weighted by Gasteiger charge is 2.08. The molecule has 0 saturated heterocycles. The van der Waals surface area contributed by atoms with E-state index in [4.69, 9.17) is 0 Å². The molecule has 0 aliphatic carbocycles. The Bertz CT molecular complexity index is 260. The van der Waals surface area contributed by atoms with Gasteiger partial charge in [0.15, 0.2) is 0 Å². The van der Waals surface area contributed by atoms with E-state index in [9.17, 15) is 10.1 Å². The molecule has 1 aromatic heterocycles. The Balaban J connectivity index is 2.73. The van der Waals surface area contributed by atoms with Crippen LogP contribution >= 0.6 is 11.8 Å². The largest absolute Gasteiger partial charge is 0.358 e. The molecule has 0 saturated carbocycles. The molecule has 0 spiro atoms. The minimum Gasteiger partial charge on any atom is -0.358 e. The summed E-state index contributed by atoms with van der Waals surface area (Å²) in [6.07, 6.45) is 3.14. The van der Waals surface area contributed by atoms with Crippen LogP contribution in [-0.2, 0) is 5.75 Å². The van der Waals surface area contributed by atoms with Crippen LogP contribution in [0.15, 0.2) is 6.20 Å². The van der Waals surface area contributed by atoms with Gasteiger partial charge in [0.25, 0.3) is 0 Å². The molecule has 60 valence electrons. The summed E-state index contributed by atoms with van der Waals surface area (Å²) in [6, 6.07) is 0. The zero-order valence-electron chi connectivity index (χ0n) is 5.90. The average molecular weight is 173 g/mol. The smallest absolute Gasteiger partial charge is 0.340 e. The Kier molecular flexibility index (Phi) is 2.48. The number of H-pyrrole nitrogens is 1. The molecule has 0 aliphatic rings. The maximum absolute atomic E-state index is 10.1. The van der Waals surface area contributed by atoms with Gasteiger partial charge in [0.1, 0.15) is 6.20 Å². The number of rotatable bonds is 3. The van der Waals surface area contributed by atoms with Gasteiger partial charge in [-0.05, 0) is 11.2 Å². The third-order valence-corrected chi connectivity index (χ3v) is 1.65. The highest BCUT2D eigenvalue weighted by atomic mass is 32.2. The van der Waals surface area contributed by atoms with Gasteiger partial charge in [-0.3, -0.25) is 0 Å². The zero-order chi connectivity index (χ0) is 8.27. The third-order valence-electron chi connectivity index (χ3n) is 1.09. The molecule has 1 heterocycles. The second kappa shape index (κ2) is 3.38. The summed E-state index contributed by atoms with van der Waals surface area (Å²) >= 11 is 1.56. The first-order chi connectivity index (χ1) is 5.24. The highest BCUT2D eigenvalue weighted by molar-refractivity contribution is 7.97. The van der Waals surface area contributed by atoms with Crippen molar-refractivity contribution >= 4 is 17.6 Å². The molecule has 11 heavy (non-hydrogen) atoms. The van der Waals surface area contributed by atoms with Crippen molar-refractivity contribution in [3.05, 3.63) is 22.1 Å². The predicted octanol–water partition coefficient (Wildman–Crippen LogP) is 1.18. The number of thioether (sulfide) groups is 1. The normalized spacial score (nSPS) is 9.91. The monoisotopic (exact) mass is 173 g/mol. The van der Waals surface area contributed by atoms with Crippen molar-refractivity contribution in [1.82, 2.24) is 9.97 Å². The summed E-state index contributed by atoms with van der Waals surface area (Å²) in [5.74, 6) is 1.27. The van der Waals surface area contributed by atoms with Gasteiger partial charge in [-0.2, -0.15) is 11.8 Å². The van der Waals surface area contributed by atoms with Crippen LogP contribution in [0.2, 0.25) is 0 Å². The van der Waals surface area contributed by atoms with Gasteiger partial charge in [-0.15, -0.1) is 0 Å². The van der Waals surface area contributed by atoms with E-state index < -0.39 is 4.92 Å². The summed E-state index contributed by atoms with van der Waals surface area (Å²) in [5.41, 5.74) is 0. The molecular weight excluding hydrogens is 166 g/mol. The van der Waals surface area contributed by atoms with Crippen molar-refractivity contribution in [2.24, 2.45) is 0 Å². The van der Waals surface area contributed by atoms with Crippen molar-refractivity contribution in [1.29, 1.82) is 0 Å². The zero-order valence-corrected chi connectivity index (χ0v) is 6.72. The Morgan fingerprint density at radius 2 is 2.64 bits per heavy atom. The average Bonchev–Trinajstić information content (AvgIpc) is 2.37. The van der Waals surface area contributed by atoms with E-state index in [1.165, 1.54) is 6.20 Å². The maximum Gasteiger partial charge on any atom is 0.340 e. The summed E-state index contributed by atoms with van der Waals surface area (Å²) in [4.78, 5) is 16.0. The molecule has 1 aromatic rings. The molecule has 0 radical (unpaired) electrons. The quantitative estimate of drug-likeness (QED) is 0.550. The number of nitrogens with zero attached hydrogens (tertiary/aromatic N) is 2. The Morgan fingerprint density at radius 3 is 3.09 bits per heavy atom. The van der Waals surface area contributed by atoms with Crippen LogP contribution < -0.4 is 0 Å². The second-order valence-corrected chi connectivity index (χ2v) is 2.77. The van der Waals surface area contributed by atoms with Gasteiger partial charge in [0.05, 0.1) is 5.75 Å². The number of aromatic amines is 1. The first-order valence-corrected chi connectivity index (χ1v) is 4.30. The Morgan fingerprint density at radius 1 is 1.91 bits per heavy atom. The van der Waals surface area contributed by atoms with Crippen LogP contribution in [0.4, 0.5) is 5.82 Å². The van der Waals surface area contributed by atoms with Gasteiger partial charge in [0, 0.05) is 0 Å². The second-order valence-electron chi connectivity index (χ2n) is 1.91.